The van der Waals surface area contributed by atoms with Crippen molar-refractivity contribution >= 4 is 16.0 Å². The largest absolute Gasteiger partial charge is 0.480 e. The first-order valence-corrected chi connectivity index (χ1v) is 7.75. The minimum atomic E-state index is -4.73. The Hall–Kier alpha value is -2.12. The first kappa shape index (κ1) is 18.9. The molecule has 0 aliphatic rings. The van der Waals surface area contributed by atoms with Gasteiger partial charge in [-0.15, -0.1) is 0 Å². The summed E-state index contributed by atoms with van der Waals surface area (Å²) in [4.78, 5) is 10.3. The van der Waals surface area contributed by atoms with E-state index in [4.69, 9.17) is 10.4 Å². The Morgan fingerprint density at radius 3 is 2.30 bits per heavy atom. The number of benzene rings is 1. The second kappa shape index (κ2) is 6.55. The number of carboxylic acid groups (broad SMARTS) is 1. The summed E-state index contributed by atoms with van der Waals surface area (Å²) in [5.41, 5.74) is -1.90. The van der Waals surface area contributed by atoms with Crippen molar-refractivity contribution in [3.05, 3.63) is 29.3 Å². The molecule has 0 aliphatic carbocycles. The number of hydrogen-bond acceptors (Lipinski definition) is 4. The molecule has 23 heavy (non-hydrogen) atoms. The molecule has 0 bridgehead atoms. The smallest absolute Gasteiger partial charge is 0.416 e. The van der Waals surface area contributed by atoms with Crippen LogP contribution in [0.2, 0.25) is 0 Å². The van der Waals surface area contributed by atoms with E-state index in [1.54, 1.807) is 0 Å². The number of carbonyl (C=O) groups is 1. The predicted molar refractivity (Wildman–Crippen MR) is 72.7 cm³/mol. The Balaban J connectivity index is 3.34. The van der Waals surface area contributed by atoms with E-state index in [1.807, 2.05) is 4.72 Å². The fourth-order valence-electron chi connectivity index (χ4n) is 1.73. The zero-order chi connectivity index (χ0) is 18.0. The maximum absolute atomic E-state index is 12.6. The number of halogens is 3. The Labute approximate surface area is 130 Å². The van der Waals surface area contributed by atoms with E-state index in [-0.39, 0.29) is 0 Å². The summed E-state index contributed by atoms with van der Waals surface area (Å²) in [5.74, 6) is -2.05. The van der Waals surface area contributed by atoms with Gasteiger partial charge in [-0.25, -0.2) is 8.42 Å². The van der Waals surface area contributed by atoms with Crippen molar-refractivity contribution in [2.45, 2.75) is 31.0 Å². The van der Waals surface area contributed by atoms with Crippen LogP contribution in [-0.4, -0.2) is 25.5 Å². The van der Waals surface area contributed by atoms with Gasteiger partial charge in [-0.2, -0.15) is 23.2 Å². The van der Waals surface area contributed by atoms with E-state index >= 15 is 0 Å². The number of nitriles is 1. The summed E-state index contributed by atoms with van der Waals surface area (Å²) in [5, 5.41) is 17.9. The van der Waals surface area contributed by atoms with Crippen LogP contribution in [0.4, 0.5) is 13.2 Å². The van der Waals surface area contributed by atoms with Crippen LogP contribution < -0.4 is 4.72 Å². The number of aliphatic carboxylic acids is 1. The average molecular weight is 350 g/mol. The van der Waals surface area contributed by atoms with Crippen molar-refractivity contribution in [1.29, 1.82) is 5.26 Å². The Kier molecular flexibility index (Phi) is 5.39. The van der Waals surface area contributed by atoms with Gasteiger partial charge < -0.3 is 5.11 Å². The molecule has 1 aromatic carbocycles. The van der Waals surface area contributed by atoms with Gasteiger partial charge in [0.2, 0.25) is 10.0 Å². The molecule has 6 nitrogen and oxygen atoms in total. The molecule has 126 valence electrons. The van der Waals surface area contributed by atoms with Gasteiger partial charge >= 0.3 is 12.1 Å². The van der Waals surface area contributed by atoms with Crippen LogP contribution in [0, 0.1) is 17.2 Å². The summed E-state index contributed by atoms with van der Waals surface area (Å²) in [6.45, 7) is 2.92. The third kappa shape index (κ3) is 4.43. The van der Waals surface area contributed by atoms with Crippen molar-refractivity contribution < 1.29 is 31.5 Å². The van der Waals surface area contributed by atoms with Crippen LogP contribution in [0.15, 0.2) is 23.1 Å². The second-order valence-electron chi connectivity index (χ2n) is 5.00. The van der Waals surface area contributed by atoms with Crippen LogP contribution in [0.1, 0.15) is 25.0 Å². The van der Waals surface area contributed by atoms with Crippen LogP contribution >= 0.6 is 0 Å². The molecule has 0 saturated heterocycles. The molecule has 1 atom stereocenters. The minimum Gasteiger partial charge on any atom is -0.480 e. The van der Waals surface area contributed by atoms with Crippen molar-refractivity contribution in [2.24, 2.45) is 5.92 Å². The second-order valence-corrected chi connectivity index (χ2v) is 6.68. The lowest BCUT2D eigenvalue weighted by molar-refractivity contribution is -0.140. The first-order valence-electron chi connectivity index (χ1n) is 6.26. The highest BCUT2D eigenvalue weighted by Gasteiger charge is 2.34. The van der Waals surface area contributed by atoms with Crippen molar-refractivity contribution in [3.63, 3.8) is 0 Å². The molecule has 1 rings (SSSR count). The number of nitrogens with zero attached hydrogens (tertiary/aromatic N) is 1. The molecule has 0 aromatic heterocycles. The topological polar surface area (TPSA) is 107 Å². The molecule has 10 heteroatoms. The van der Waals surface area contributed by atoms with E-state index in [2.05, 4.69) is 0 Å². The Morgan fingerprint density at radius 1 is 1.35 bits per heavy atom. The molecule has 0 aliphatic heterocycles. The van der Waals surface area contributed by atoms with Crippen LogP contribution in [-0.2, 0) is 21.0 Å². The highest BCUT2D eigenvalue weighted by Crippen LogP contribution is 2.31. The van der Waals surface area contributed by atoms with Gasteiger partial charge in [0.15, 0.2) is 0 Å². The molecular formula is C13H13F3N2O4S. The van der Waals surface area contributed by atoms with Gasteiger partial charge in [-0.1, -0.05) is 13.8 Å². The first-order chi connectivity index (χ1) is 10.4. The highest BCUT2D eigenvalue weighted by atomic mass is 32.2. The van der Waals surface area contributed by atoms with Crippen LogP contribution in [0.3, 0.4) is 0 Å². The van der Waals surface area contributed by atoms with E-state index in [1.165, 1.54) is 19.9 Å². The summed E-state index contributed by atoms with van der Waals surface area (Å²) >= 11 is 0. The predicted octanol–water partition coefficient (Wildman–Crippen LogP) is 1.96. The molecular weight excluding hydrogens is 337 g/mol. The zero-order valence-electron chi connectivity index (χ0n) is 12.0. The van der Waals surface area contributed by atoms with Gasteiger partial charge in [0.1, 0.15) is 12.1 Å². The molecule has 2 N–H and O–H groups in total. The standard InChI is InChI=1S/C13H13F3N2O4S/c1-7(2)11(12(19)20)18-23(21,22)10-4-3-9(13(14,15)16)5-8(10)6-17/h3-5,7,11,18H,1-2H3,(H,19,20)/t11-/m0/s1. The number of rotatable bonds is 5. The SMILES string of the molecule is CC(C)[C@H](NS(=O)(=O)c1ccc(C(F)(F)F)cc1C#N)C(=O)O. The number of alkyl halides is 3. The van der Waals surface area contributed by atoms with Crippen molar-refractivity contribution in [2.75, 3.05) is 0 Å². The molecule has 0 unspecified atom stereocenters. The van der Waals surface area contributed by atoms with Gasteiger partial charge in [0, 0.05) is 0 Å². The molecule has 0 heterocycles. The maximum Gasteiger partial charge on any atom is 0.416 e. The monoisotopic (exact) mass is 350 g/mol. The zero-order valence-corrected chi connectivity index (χ0v) is 12.9. The summed E-state index contributed by atoms with van der Waals surface area (Å²) in [6, 6.07) is 1.45. The molecule has 0 saturated carbocycles. The molecule has 0 amide bonds. The quantitative estimate of drug-likeness (QED) is 0.844. The molecule has 0 spiro atoms. The average Bonchev–Trinajstić information content (AvgIpc) is 2.42. The normalized spacial score (nSPS) is 13.6. The van der Waals surface area contributed by atoms with Gasteiger partial charge in [0.25, 0.3) is 0 Å². The molecule has 0 radical (unpaired) electrons. The number of sulfonamides is 1. The molecule has 1 aromatic rings. The van der Waals surface area contributed by atoms with E-state index in [0.29, 0.717) is 18.2 Å². The van der Waals surface area contributed by atoms with E-state index in [0.717, 1.165) is 0 Å². The third-order valence-electron chi connectivity index (χ3n) is 2.93. The van der Waals surface area contributed by atoms with Crippen molar-refractivity contribution in [1.82, 2.24) is 4.72 Å². The lowest BCUT2D eigenvalue weighted by atomic mass is 10.1. The summed E-state index contributed by atoms with van der Waals surface area (Å²) in [7, 11) is -4.48. The summed E-state index contributed by atoms with van der Waals surface area (Å²) < 4.78 is 64.1. The fraction of sp³-hybridized carbons (Fsp3) is 0.385. The van der Waals surface area contributed by atoms with E-state index in [9.17, 15) is 26.4 Å². The number of carboxylic acids is 1. The van der Waals surface area contributed by atoms with E-state index < -0.39 is 50.2 Å². The molecule has 0 fully saturated rings. The Bertz CT molecular complexity index is 751. The lowest BCUT2D eigenvalue weighted by Crippen LogP contribution is -2.44. The minimum absolute atomic E-state index is 0.402. The van der Waals surface area contributed by atoms with Gasteiger partial charge in [0.05, 0.1) is 16.0 Å². The maximum atomic E-state index is 12.6. The van der Waals surface area contributed by atoms with Crippen LogP contribution in [0.25, 0.3) is 0 Å². The number of hydrogen-bond donors (Lipinski definition) is 2. The highest BCUT2D eigenvalue weighted by molar-refractivity contribution is 7.89. The summed E-state index contributed by atoms with van der Waals surface area (Å²) in [6.07, 6.45) is -4.73. The van der Waals surface area contributed by atoms with Gasteiger partial charge in [-0.05, 0) is 24.1 Å². The lowest BCUT2D eigenvalue weighted by Gasteiger charge is -2.18. The fourth-order valence-corrected chi connectivity index (χ4v) is 3.21. The third-order valence-corrected chi connectivity index (χ3v) is 4.43. The van der Waals surface area contributed by atoms with Crippen LogP contribution in [0.5, 0.6) is 0 Å². The number of nitrogens with one attached hydrogen (secondary N) is 1. The van der Waals surface area contributed by atoms with Crippen molar-refractivity contribution in [3.8, 4) is 6.07 Å². The van der Waals surface area contributed by atoms with Gasteiger partial charge in [-0.3, -0.25) is 4.79 Å². The Morgan fingerprint density at radius 2 is 1.91 bits per heavy atom.